The molecule has 0 N–H and O–H groups in total. The van der Waals surface area contributed by atoms with Crippen LogP contribution < -0.4 is 5.56 Å². The van der Waals surface area contributed by atoms with Crippen molar-refractivity contribution in [2.45, 2.75) is 33.7 Å². The van der Waals surface area contributed by atoms with Gasteiger partial charge in [0.2, 0.25) is 0 Å². The molecule has 130 valence electrons. The number of carbonyl (C=O) groups is 1. The molecular weight excluding hydrogens is 336 g/mol. The van der Waals surface area contributed by atoms with Crippen LogP contribution in [0.4, 0.5) is 0 Å². The van der Waals surface area contributed by atoms with Crippen molar-refractivity contribution in [3.8, 4) is 11.1 Å². The fraction of sp³-hybridized carbons (Fsp3) is 0.316. The first-order chi connectivity index (χ1) is 11.9. The predicted molar refractivity (Wildman–Crippen MR) is 100 cm³/mol. The lowest BCUT2D eigenvalue weighted by atomic mass is 10.0. The first kappa shape index (κ1) is 17.4. The number of fused-ring (bicyclic) bond motifs is 1. The quantitative estimate of drug-likeness (QED) is 0.666. The van der Waals surface area contributed by atoms with Crippen LogP contribution in [0.5, 0.6) is 0 Å². The molecule has 3 aromatic rings. The van der Waals surface area contributed by atoms with Gasteiger partial charge in [-0.05, 0) is 33.3 Å². The van der Waals surface area contributed by atoms with E-state index in [0.29, 0.717) is 10.2 Å². The second kappa shape index (κ2) is 6.80. The van der Waals surface area contributed by atoms with Crippen molar-refractivity contribution in [3.63, 3.8) is 0 Å². The average molecular weight is 356 g/mol. The van der Waals surface area contributed by atoms with Crippen LogP contribution in [-0.4, -0.2) is 22.1 Å². The third kappa shape index (κ3) is 3.09. The molecule has 0 saturated carbocycles. The topological polar surface area (TPSA) is 61.2 Å². The molecule has 5 nitrogen and oxygen atoms in total. The van der Waals surface area contributed by atoms with Gasteiger partial charge < -0.3 is 4.74 Å². The molecule has 0 bridgehead atoms. The Kier molecular flexibility index (Phi) is 4.72. The van der Waals surface area contributed by atoms with Gasteiger partial charge in [0.15, 0.2) is 0 Å². The molecule has 0 amide bonds. The van der Waals surface area contributed by atoms with Crippen molar-refractivity contribution >= 4 is 27.5 Å². The Morgan fingerprint density at radius 3 is 2.60 bits per heavy atom. The molecule has 0 saturated heterocycles. The van der Waals surface area contributed by atoms with Gasteiger partial charge in [-0.25, -0.2) is 9.78 Å². The van der Waals surface area contributed by atoms with E-state index in [0.717, 1.165) is 21.6 Å². The van der Waals surface area contributed by atoms with E-state index in [9.17, 15) is 9.59 Å². The summed E-state index contributed by atoms with van der Waals surface area (Å²) in [5.41, 5.74) is 2.82. The number of nitrogens with zero attached hydrogens (tertiary/aromatic N) is 2. The molecule has 1 atom stereocenters. The van der Waals surface area contributed by atoms with Gasteiger partial charge in [-0.15, -0.1) is 11.3 Å². The van der Waals surface area contributed by atoms with Crippen LogP contribution in [0.15, 0.2) is 35.4 Å². The van der Waals surface area contributed by atoms with E-state index in [4.69, 9.17) is 4.74 Å². The number of benzene rings is 1. The van der Waals surface area contributed by atoms with Crippen molar-refractivity contribution in [1.29, 1.82) is 0 Å². The smallest absolute Gasteiger partial charge is 0.328 e. The van der Waals surface area contributed by atoms with Crippen LogP contribution in [-0.2, 0) is 9.53 Å². The molecule has 6 heteroatoms. The van der Waals surface area contributed by atoms with E-state index in [1.54, 1.807) is 13.8 Å². The van der Waals surface area contributed by atoms with Gasteiger partial charge in [-0.2, -0.15) is 0 Å². The SMILES string of the molecule is CCOC(=O)C(C)n1cnc2sc(C)c(-c3ccc(C)cc3)c2c1=O. The highest BCUT2D eigenvalue weighted by atomic mass is 32.1. The molecule has 1 unspecified atom stereocenters. The number of ether oxygens (including phenoxy) is 1. The summed E-state index contributed by atoms with van der Waals surface area (Å²) in [5.74, 6) is -0.436. The molecule has 0 aliphatic rings. The molecule has 3 rings (SSSR count). The highest BCUT2D eigenvalue weighted by Crippen LogP contribution is 2.35. The van der Waals surface area contributed by atoms with Crippen LogP contribution in [0.2, 0.25) is 0 Å². The van der Waals surface area contributed by atoms with Gasteiger partial charge in [-0.1, -0.05) is 29.8 Å². The van der Waals surface area contributed by atoms with E-state index in [1.807, 2.05) is 38.1 Å². The summed E-state index contributed by atoms with van der Waals surface area (Å²) in [6.07, 6.45) is 1.43. The maximum absolute atomic E-state index is 13.1. The third-order valence-electron chi connectivity index (χ3n) is 4.20. The number of hydrogen-bond acceptors (Lipinski definition) is 5. The number of hydrogen-bond donors (Lipinski definition) is 0. The average Bonchev–Trinajstić information content (AvgIpc) is 2.92. The molecule has 2 aromatic heterocycles. The normalized spacial score (nSPS) is 12.3. The lowest BCUT2D eigenvalue weighted by molar-refractivity contribution is -0.146. The molecule has 1 aromatic carbocycles. The van der Waals surface area contributed by atoms with Crippen LogP contribution in [0.3, 0.4) is 0 Å². The van der Waals surface area contributed by atoms with Gasteiger partial charge in [0.25, 0.3) is 5.56 Å². The largest absolute Gasteiger partial charge is 0.464 e. The fourth-order valence-electron chi connectivity index (χ4n) is 2.84. The van der Waals surface area contributed by atoms with E-state index >= 15 is 0 Å². The van der Waals surface area contributed by atoms with E-state index < -0.39 is 12.0 Å². The molecule has 2 heterocycles. The Bertz CT molecular complexity index is 986. The molecule has 0 fully saturated rings. The molecule has 25 heavy (non-hydrogen) atoms. The van der Waals surface area contributed by atoms with E-state index in [1.165, 1.54) is 22.2 Å². The van der Waals surface area contributed by atoms with E-state index in [-0.39, 0.29) is 12.2 Å². The first-order valence-electron chi connectivity index (χ1n) is 8.18. The molecule has 0 aliphatic heterocycles. The lowest BCUT2D eigenvalue weighted by Gasteiger charge is -2.13. The zero-order valence-electron chi connectivity index (χ0n) is 14.7. The zero-order chi connectivity index (χ0) is 18.1. The van der Waals surface area contributed by atoms with Gasteiger partial charge in [0.05, 0.1) is 18.3 Å². The second-order valence-electron chi connectivity index (χ2n) is 5.96. The number of carbonyl (C=O) groups excluding carboxylic acids is 1. The summed E-state index contributed by atoms with van der Waals surface area (Å²) in [7, 11) is 0. The number of thiophene rings is 1. The van der Waals surface area contributed by atoms with Crippen molar-refractivity contribution in [3.05, 3.63) is 51.4 Å². The molecule has 0 aliphatic carbocycles. The maximum Gasteiger partial charge on any atom is 0.328 e. The maximum atomic E-state index is 13.1. The van der Waals surface area contributed by atoms with E-state index in [2.05, 4.69) is 4.98 Å². The fourth-order valence-corrected chi connectivity index (χ4v) is 3.84. The Hall–Kier alpha value is -2.47. The molecular formula is C19H20N2O3S. The molecule has 0 radical (unpaired) electrons. The molecule has 0 spiro atoms. The summed E-state index contributed by atoms with van der Waals surface area (Å²) >= 11 is 1.49. The van der Waals surface area contributed by atoms with Crippen molar-refractivity contribution in [2.75, 3.05) is 6.61 Å². The summed E-state index contributed by atoms with van der Waals surface area (Å²) in [5, 5.41) is 0.560. The Labute approximate surface area is 149 Å². The predicted octanol–water partition coefficient (Wildman–Crippen LogP) is 3.87. The van der Waals surface area contributed by atoms with Crippen LogP contribution in [0, 0.1) is 13.8 Å². The summed E-state index contributed by atoms with van der Waals surface area (Å²) in [6, 6.07) is 7.35. The highest BCUT2D eigenvalue weighted by molar-refractivity contribution is 7.19. The standard InChI is InChI=1S/C19H20N2O3S/c1-5-24-19(23)12(3)21-10-20-17-16(18(21)22)15(13(4)25-17)14-8-6-11(2)7-9-14/h6-10,12H,5H2,1-4H3. The minimum absolute atomic E-state index is 0.217. The Morgan fingerprint density at radius 1 is 1.28 bits per heavy atom. The lowest BCUT2D eigenvalue weighted by Crippen LogP contribution is -2.29. The summed E-state index contributed by atoms with van der Waals surface area (Å²) in [4.78, 5) is 31.2. The number of aryl methyl sites for hydroxylation is 2. The van der Waals surface area contributed by atoms with Crippen LogP contribution in [0.1, 0.15) is 30.3 Å². The van der Waals surface area contributed by atoms with Gasteiger partial charge in [0.1, 0.15) is 10.9 Å². The van der Waals surface area contributed by atoms with Crippen LogP contribution >= 0.6 is 11.3 Å². The van der Waals surface area contributed by atoms with Crippen molar-refractivity contribution < 1.29 is 9.53 Å². The zero-order valence-corrected chi connectivity index (χ0v) is 15.5. The summed E-state index contributed by atoms with van der Waals surface area (Å²) < 4.78 is 6.39. The minimum Gasteiger partial charge on any atom is -0.464 e. The number of esters is 1. The Morgan fingerprint density at radius 2 is 1.96 bits per heavy atom. The monoisotopic (exact) mass is 356 g/mol. The highest BCUT2D eigenvalue weighted by Gasteiger charge is 2.22. The minimum atomic E-state index is -0.713. The first-order valence-corrected chi connectivity index (χ1v) is 8.99. The van der Waals surface area contributed by atoms with Gasteiger partial charge in [0, 0.05) is 10.4 Å². The van der Waals surface area contributed by atoms with Gasteiger partial charge in [-0.3, -0.25) is 9.36 Å². The van der Waals surface area contributed by atoms with Crippen LogP contribution in [0.25, 0.3) is 21.3 Å². The third-order valence-corrected chi connectivity index (χ3v) is 5.21. The second-order valence-corrected chi connectivity index (χ2v) is 7.17. The van der Waals surface area contributed by atoms with Gasteiger partial charge >= 0.3 is 5.97 Å². The van der Waals surface area contributed by atoms with Crippen molar-refractivity contribution in [1.82, 2.24) is 9.55 Å². The summed E-state index contributed by atoms with van der Waals surface area (Å²) in [6.45, 7) is 7.68. The van der Waals surface area contributed by atoms with Crippen molar-refractivity contribution in [2.24, 2.45) is 0 Å². The number of aromatic nitrogens is 2. The number of rotatable bonds is 4. The Balaban J connectivity index is 2.21.